The number of hydrogen-bond donors (Lipinski definition) is 1. The van der Waals surface area contributed by atoms with Gasteiger partial charge in [-0.1, -0.05) is 23.7 Å². The van der Waals surface area contributed by atoms with Gasteiger partial charge in [-0.15, -0.1) is 11.8 Å². The van der Waals surface area contributed by atoms with Crippen LogP contribution >= 0.6 is 23.4 Å². The molecule has 8 heteroatoms. The molecule has 2 aromatic rings. The van der Waals surface area contributed by atoms with Crippen molar-refractivity contribution in [2.24, 2.45) is 0 Å². The van der Waals surface area contributed by atoms with E-state index in [4.69, 9.17) is 16.3 Å². The Labute approximate surface area is 173 Å². The first-order valence-electron chi connectivity index (χ1n) is 8.47. The summed E-state index contributed by atoms with van der Waals surface area (Å²) in [6.45, 7) is 1.49. The second-order valence-electron chi connectivity index (χ2n) is 6.12. The standard InChI is InChI=1S/C20H21ClN2O4S/c1-13(19(25)22-15-10-8-14(21)9-11-15)27-20(26)16-6-4-5-7-17(16)28-12-18(24)23(2)3/h4-11,13H,12H2,1-3H3,(H,22,25)/t13-/m1/s1. The number of carbonyl (C=O) groups is 3. The van der Waals surface area contributed by atoms with Gasteiger partial charge in [-0.25, -0.2) is 4.79 Å². The van der Waals surface area contributed by atoms with E-state index in [1.165, 1.54) is 23.6 Å². The van der Waals surface area contributed by atoms with Gasteiger partial charge in [0.25, 0.3) is 5.91 Å². The normalized spacial score (nSPS) is 11.4. The van der Waals surface area contributed by atoms with Gasteiger partial charge in [0.05, 0.1) is 11.3 Å². The fraction of sp³-hybridized carbons (Fsp3) is 0.250. The van der Waals surface area contributed by atoms with E-state index in [-0.39, 0.29) is 11.7 Å². The van der Waals surface area contributed by atoms with E-state index in [0.29, 0.717) is 21.2 Å². The van der Waals surface area contributed by atoms with Crippen LogP contribution < -0.4 is 5.32 Å². The molecule has 0 bridgehead atoms. The number of thioether (sulfide) groups is 1. The maximum atomic E-state index is 12.5. The quantitative estimate of drug-likeness (QED) is 0.546. The molecule has 0 aliphatic carbocycles. The molecular weight excluding hydrogens is 400 g/mol. The highest BCUT2D eigenvalue weighted by molar-refractivity contribution is 8.00. The zero-order valence-electron chi connectivity index (χ0n) is 15.8. The van der Waals surface area contributed by atoms with E-state index in [9.17, 15) is 14.4 Å². The first-order valence-corrected chi connectivity index (χ1v) is 9.83. The number of rotatable bonds is 7. The number of carbonyl (C=O) groups excluding carboxylic acids is 3. The minimum atomic E-state index is -0.996. The number of halogens is 1. The SMILES string of the molecule is C[C@@H](OC(=O)c1ccccc1SCC(=O)N(C)C)C(=O)Nc1ccc(Cl)cc1. The van der Waals surface area contributed by atoms with Crippen molar-refractivity contribution < 1.29 is 19.1 Å². The maximum Gasteiger partial charge on any atom is 0.340 e. The van der Waals surface area contributed by atoms with Gasteiger partial charge in [-0.05, 0) is 43.3 Å². The number of amides is 2. The number of ether oxygens (including phenoxy) is 1. The highest BCUT2D eigenvalue weighted by Crippen LogP contribution is 2.24. The molecule has 2 rings (SSSR count). The Kier molecular flexibility index (Phi) is 7.90. The van der Waals surface area contributed by atoms with E-state index < -0.39 is 18.0 Å². The molecule has 148 valence electrons. The molecule has 1 N–H and O–H groups in total. The summed E-state index contributed by atoms with van der Waals surface area (Å²) in [6, 6.07) is 13.4. The van der Waals surface area contributed by atoms with E-state index in [1.54, 1.807) is 62.6 Å². The van der Waals surface area contributed by atoms with Gasteiger partial charge in [0.15, 0.2) is 6.10 Å². The van der Waals surface area contributed by atoms with Crippen LogP contribution in [0.2, 0.25) is 5.02 Å². The molecular formula is C20H21ClN2O4S. The van der Waals surface area contributed by atoms with Gasteiger partial charge < -0.3 is 15.0 Å². The summed E-state index contributed by atoms with van der Waals surface area (Å²) in [6.07, 6.45) is -0.996. The summed E-state index contributed by atoms with van der Waals surface area (Å²) in [5, 5.41) is 3.22. The highest BCUT2D eigenvalue weighted by atomic mass is 35.5. The van der Waals surface area contributed by atoms with Crippen LogP contribution in [0.25, 0.3) is 0 Å². The van der Waals surface area contributed by atoms with Crippen LogP contribution in [0.3, 0.4) is 0 Å². The van der Waals surface area contributed by atoms with Crippen molar-refractivity contribution in [3.8, 4) is 0 Å². The second kappa shape index (κ2) is 10.1. The van der Waals surface area contributed by atoms with Crippen LogP contribution in [-0.2, 0) is 14.3 Å². The molecule has 0 heterocycles. The molecule has 0 aromatic heterocycles. The van der Waals surface area contributed by atoms with Crippen molar-refractivity contribution in [2.45, 2.75) is 17.9 Å². The Hall–Kier alpha value is -2.51. The zero-order valence-corrected chi connectivity index (χ0v) is 17.3. The van der Waals surface area contributed by atoms with E-state index in [0.717, 1.165) is 0 Å². The molecule has 2 aromatic carbocycles. The molecule has 28 heavy (non-hydrogen) atoms. The average molecular weight is 421 g/mol. The molecule has 0 aliphatic heterocycles. The van der Waals surface area contributed by atoms with Crippen LogP contribution in [0.5, 0.6) is 0 Å². The van der Waals surface area contributed by atoms with E-state index in [2.05, 4.69) is 5.32 Å². The lowest BCUT2D eigenvalue weighted by Crippen LogP contribution is -2.30. The zero-order chi connectivity index (χ0) is 20.7. The number of anilines is 1. The topological polar surface area (TPSA) is 75.7 Å². The summed E-state index contributed by atoms with van der Waals surface area (Å²) < 4.78 is 5.30. The van der Waals surface area contributed by atoms with Crippen molar-refractivity contribution in [1.82, 2.24) is 4.90 Å². The number of hydrogen-bond acceptors (Lipinski definition) is 5. The number of nitrogens with zero attached hydrogens (tertiary/aromatic N) is 1. The fourth-order valence-corrected chi connectivity index (χ4v) is 3.23. The third-order valence-corrected chi connectivity index (χ3v) is 5.03. The molecule has 0 spiro atoms. The largest absolute Gasteiger partial charge is 0.449 e. The monoisotopic (exact) mass is 420 g/mol. The Bertz CT molecular complexity index is 856. The van der Waals surface area contributed by atoms with Crippen molar-refractivity contribution in [3.63, 3.8) is 0 Å². The predicted octanol–water partition coefficient (Wildman–Crippen LogP) is 3.70. The van der Waals surface area contributed by atoms with Crippen molar-refractivity contribution in [3.05, 3.63) is 59.1 Å². The van der Waals surface area contributed by atoms with Gasteiger partial charge in [0.2, 0.25) is 5.91 Å². The van der Waals surface area contributed by atoms with Gasteiger partial charge >= 0.3 is 5.97 Å². The minimum Gasteiger partial charge on any atom is -0.449 e. The van der Waals surface area contributed by atoms with Crippen molar-refractivity contribution in [1.29, 1.82) is 0 Å². The lowest BCUT2D eigenvalue weighted by molar-refractivity contribution is -0.126. The molecule has 0 fully saturated rings. The van der Waals surface area contributed by atoms with Gasteiger partial charge in [-0.2, -0.15) is 0 Å². The van der Waals surface area contributed by atoms with Crippen LogP contribution in [0, 0.1) is 0 Å². The Morgan fingerprint density at radius 3 is 2.39 bits per heavy atom. The number of benzene rings is 2. The van der Waals surface area contributed by atoms with Gasteiger partial charge in [-0.3, -0.25) is 9.59 Å². The van der Waals surface area contributed by atoms with Crippen LogP contribution in [0.15, 0.2) is 53.4 Å². The van der Waals surface area contributed by atoms with E-state index >= 15 is 0 Å². The molecule has 1 atom stereocenters. The van der Waals surface area contributed by atoms with Crippen LogP contribution in [0.4, 0.5) is 5.69 Å². The number of nitrogens with one attached hydrogen (secondary N) is 1. The first-order chi connectivity index (χ1) is 13.3. The minimum absolute atomic E-state index is 0.0659. The maximum absolute atomic E-state index is 12.5. The third kappa shape index (κ3) is 6.28. The molecule has 6 nitrogen and oxygen atoms in total. The molecule has 0 unspecified atom stereocenters. The van der Waals surface area contributed by atoms with Crippen LogP contribution in [-0.4, -0.2) is 48.6 Å². The smallest absolute Gasteiger partial charge is 0.340 e. The van der Waals surface area contributed by atoms with Gasteiger partial charge in [0, 0.05) is 29.7 Å². The summed E-state index contributed by atoms with van der Waals surface area (Å²) >= 11 is 7.06. The summed E-state index contributed by atoms with van der Waals surface area (Å²) in [7, 11) is 3.34. The predicted molar refractivity (Wildman–Crippen MR) is 111 cm³/mol. The average Bonchev–Trinajstić information content (AvgIpc) is 2.67. The molecule has 0 aliphatic rings. The van der Waals surface area contributed by atoms with Gasteiger partial charge in [0.1, 0.15) is 0 Å². The molecule has 2 amide bonds. The fourth-order valence-electron chi connectivity index (χ4n) is 2.08. The Morgan fingerprint density at radius 2 is 1.75 bits per heavy atom. The first kappa shape index (κ1) is 21.8. The molecule has 0 saturated heterocycles. The molecule has 0 saturated carbocycles. The number of esters is 1. The Balaban J connectivity index is 2.00. The van der Waals surface area contributed by atoms with Crippen molar-refractivity contribution >= 4 is 46.8 Å². The molecule has 0 radical (unpaired) electrons. The second-order valence-corrected chi connectivity index (χ2v) is 7.57. The lowest BCUT2D eigenvalue weighted by Gasteiger charge is -2.15. The Morgan fingerprint density at radius 1 is 1.11 bits per heavy atom. The lowest BCUT2D eigenvalue weighted by atomic mass is 10.2. The highest BCUT2D eigenvalue weighted by Gasteiger charge is 2.21. The van der Waals surface area contributed by atoms with Crippen molar-refractivity contribution in [2.75, 3.05) is 25.2 Å². The van der Waals surface area contributed by atoms with Crippen LogP contribution in [0.1, 0.15) is 17.3 Å². The summed E-state index contributed by atoms with van der Waals surface area (Å²) in [4.78, 5) is 38.7. The third-order valence-electron chi connectivity index (χ3n) is 3.72. The summed E-state index contributed by atoms with van der Waals surface area (Å²) in [5.41, 5.74) is 0.862. The van der Waals surface area contributed by atoms with E-state index in [1.807, 2.05) is 0 Å². The summed E-state index contributed by atoms with van der Waals surface area (Å²) in [5.74, 6) is -0.948.